The molecule has 0 saturated carbocycles. The van der Waals surface area contributed by atoms with Gasteiger partial charge in [0, 0.05) is 19.4 Å². The molecule has 2 aliphatic heterocycles. The van der Waals surface area contributed by atoms with Crippen molar-refractivity contribution in [3.63, 3.8) is 0 Å². The van der Waals surface area contributed by atoms with Crippen molar-refractivity contribution in [2.75, 3.05) is 46.8 Å². The van der Waals surface area contributed by atoms with Gasteiger partial charge >= 0.3 is 0 Å². The smallest absolute Gasteiger partial charge is 0.176 e. The fraction of sp³-hybridized carbons (Fsp3) is 1.00. The summed E-state index contributed by atoms with van der Waals surface area (Å²) in [4.78, 5) is 0. The van der Waals surface area contributed by atoms with Crippen LogP contribution in [0, 0.1) is 5.92 Å². The van der Waals surface area contributed by atoms with Crippen LogP contribution in [0.15, 0.2) is 0 Å². The lowest BCUT2D eigenvalue weighted by Gasteiger charge is -2.46. The van der Waals surface area contributed by atoms with E-state index in [1.165, 1.54) is 7.11 Å². The van der Waals surface area contributed by atoms with Crippen molar-refractivity contribution in [3.8, 4) is 0 Å². The summed E-state index contributed by atoms with van der Waals surface area (Å²) in [6.07, 6.45) is -5.32. The van der Waals surface area contributed by atoms with E-state index in [1.54, 1.807) is 6.92 Å². The molecule has 0 amide bonds. The average molecular weight is 425 g/mol. The standard InChI is InChI=1S/C18H35NO10/c1-10-12(8-25-5-3-20)28-18(15(19)16(10)23)29-17-11(22)7-14(24-2)27-13(17)9-26-6-4-21/h10-18,20-23H,3-9,19H2,1-2H3/t10-,11-,12?,13?,14+,15?,16+,17+,18-/m0/s1. The first-order valence-electron chi connectivity index (χ1n) is 9.91. The number of aliphatic hydroxyl groups excluding tert-OH is 4. The zero-order valence-electron chi connectivity index (χ0n) is 17.0. The Morgan fingerprint density at radius 1 is 1.00 bits per heavy atom. The van der Waals surface area contributed by atoms with Crippen molar-refractivity contribution in [1.82, 2.24) is 0 Å². The van der Waals surface area contributed by atoms with Crippen LogP contribution in [-0.4, -0.2) is 116 Å². The molecule has 2 aliphatic rings. The predicted octanol–water partition coefficient (Wildman–Crippen LogP) is -2.44. The highest BCUT2D eigenvalue weighted by atomic mass is 16.7. The van der Waals surface area contributed by atoms with E-state index < -0.39 is 49.1 Å². The number of hydrogen-bond donors (Lipinski definition) is 5. The monoisotopic (exact) mass is 425 g/mol. The highest BCUT2D eigenvalue weighted by Crippen LogP contribution is 2.30. The molecule has 0 aromatic carbocycles. The zero-order valence-corrected chi connectivity index (χ0v) is 17.0. The molecule has 29 heavy (non-hydrogen) atoms. The van der Waals surface area contributed by atoms with Crippen molar-refractivity contribution in [2.24, 2.45) is 11.7 Å². The normalized spacial score (nSPS) is 40.9. The molecule has 6 N–H and O–H groups in total. The Hall–Kier alpha value is -0.440. The van der Waals surface area contributed by atoms with Crippen molar-refractivity contribution in [1.29, 1.82) is 0 Å². The third-order valence-corrected chi connectivity index (χ3v) is 5.24. The molecule has 11 nitrogen and oxygen atoms in total. The molecule has 2 rings (SSSR count). The predicted molar refractivity (Wildman–Crippen MR) is 98.8 cm³/mol. The topological polar surface area (TPSA) is 162 Å². The van der Waals surface area contributed by atoms with Crippen LogP contribution in [0.25, 0.3) is 0 Å². The summed E-state index contributed by atoms with van der Waals surface area (Å²) in [7, 11) is 1.47. The summed E-state index contributed by atoms with van der Waals surface area (Å²) in [5.41, 5.74) is 6.12. The second-order valence-corrected chi connectivity index (χ2v) is 7.31. The van der Waals surface area contributed by atoms with Gasteiger partial charge in [0.2, 0.25) is 0 Å². The average Bonchev–Trinajstić information content (AvgIpc) is 2.71. The van der Waals surface area contributed by atoms with Crippen LogP contribution in [0.5, 0.6) is 0 Å². The number of ether oxygens (including phenoxy) is 6. The van der Waals surface area contributed by atoms with Crippen molar-refractivity contribution in [3.05, 3.63) is 0 Å². The Kier molecular flexibility index (Phi) is 10.6. The van der Waals surface area contributed by atoms with Gasteiger partial charge in [-0.05, 0) is 0 Å². The lowest BCUT2D eigenvalue weighted by atomic mass is 9.89. The third kappa shape index (κ3) is 6.77. The molecule has 0 aromatic rings. The summed E-state index contributed by atoms with van der Waals surface area (Å²) in [6.45, 7) is 2.00. The van der Waals surface area contributed by atoms with E-state index in [0.29, 0.717) is 0 Å². The molecule has 3 unspecified atom stereocenters. The third-order valence-electron chi connectivity index (χ3n) is 5.24. The lowest BCUT2D eigenvalue weighted by Crippen LogP contribution is -2.62. The van der Waals surface area contributed by atoms with Crippen LogP contribution >= 0.6 is 0 Å². The minimum atomic E-state index is -1.01. The van der Waals surface area contributed by atoms with Gasteiger partial charge in [0.15, 0.2) is 12.6 Å². The molecule has 0 spiro atoms. The Bertz CT molecular complexity index is 458. The molecule has 172 valence electrons. The van der Waals surface area contributed by atoms with Crippen molar-refractivity contribution < 1.29 is 48.8 Å². The molecular formula is C18H35NO10. The fourth-order valence-electron chi connectivity index (χ4n) is 3.49. The first kappa shape index (κ1) is 24.8. The maximum Gasteiger partial charge on any atom is 0.176 e. The van der Waals surface area contributed by atoms with Crippen LogP contribution in [-0.2, 0) is 28.4 Å². The first-order valence-corrected chi connectivity index (χ1v) is 9.91. The van der Waals surface area contributed by atoms with Crippen LogP contribution < -0.4 is 5.73 Å². The molecule has 2 saturated heterocycles. The Morgan fingerprint density at radius 2 is 1.62 bits per heavy atom. The highest BCUT2D eigenvalue weighted by molar-refractivity contribution is 4.92. The van der Waals surface area contributed by atoms with Crippen LogP contribution in [0.3, 0.4) is 0 Å². The molecule has 0 bridgehead atoms. The Morgan fingerprint density at radius 3 is 2.21 bits per heavy atom. The van der Waals surface area contributed by atoms with Gasteiger partial charge in [0.1, 0.15) is 12.2 Å². The maximum atomic E-state index is 10.6. The van der Waals surface area contributed by atoms with E-state index in [9.17, 15) is 10.2 Å². The minimum absolute atomic E-state index is 0.0616. The number of hydrogen-bond acceptors (Lipinski definition) is 11. The van der Waals surface area contributed by atoms with Gasteiger partial charge in [0.05, 0.1) is 64.0 Å². The van der Waals surface area contributed by atoms with Crippen LogP contribution in [0.1, 0.15) is 13.3 Å². The van der Waals surface area contributed by atoms with Gasteiger partial charge in [-0.15, -0.1) is 0 Å². The van der Waals surface area contributed by atoms with Gasteiger partial charge in [-0.2, -0.15) is 0 Å². The molecule has 2 heterocycles. The maximum absolute atomic E-state index is 10.6. The zero-order chi connectivity index (χ0) is 21.4. The summed E-state index contributed by atoms with van der Waals surface area (Å²) >= 11 is 0. The highest BCUT2D eigenvalue weighted by Gasteiger charge is 2.46. The van der Waals surface area contributed by atoms with Crippen molar-refractivity contribution in [2.45, 2.75) is 62.5 Å². The number of nitrogens with two attached hydrogens (primary N) is 1. The first-order chi connectivity index (χ1) is 13.9. The molecule has 0 radical (unpaired) electrons. The molecule has 0 aliphatic carbocycles. The lowest BCUT2D eigenvalue weighted by molar-refractivity contribution is -0.319. The van der Waals surface area contributed by atoms with E-state index in [2.05, 4.69) is 0 Å². The van der Waals surface area contributed by atoms with Gasteiger partial charge < -0.3 is 54.6 Å². The molecule has 2 fully saturated rings. The summed E-state index contributed by atoms with van der Waals surface area (Å²) in [5.74, 6) is -0.308. The quantitative estimate of drug-likeness (QED) is 0.224. The van der Waals surface area contributed by atoms with Gasteiger partial charge in [-0.3, -0.25) is 0 Å². The molecule has 0 aromatic heterocycles. The summed E-state index contributed by atoms with van der Waals surface area (Å²) in [6, 6.07) is -0.842. The second-order valence-electron chi connectivity index (χ2n) is 7.31. The van der Waals surface area contributed by atoms with Crippen molar-refractivity contribution >= 4 is 0 Å². The van der Waals surface area contributed by atoms with E-state index in [1.807, 2.05) is 0 Å². The Labute approximate surface area is 170 Å². The van der Waals surface area contributed by atoms with Crippen LogP contribution in [0.4, 0.5) is 0 Å². The fourth-order valence-corrected chi connectivity index (χ4v) is 3.49. The number of methoxy groups -OCH3 is 1. The van der Waals surface area contributed by atoms with E-state index in [4.69, 9.17) is 44.4 Å². The van der Waals surface area contributed by atoms with E-state index in [-0.39, 0.29) is 52.0 Å². The van der Waals surface area contributed by atoms with E-state index in [0.717, 1.165) is 0 Å². The summed E-state index contributed by atoms with van der Waals surface area (Å²) < 4.78 is 33.5. The minimum Gasteiger partial charge on any atom is -0.394 e. The summed E-state index contributed by atoms with van der Waals surface area (Å²) in [5, 5.41) is 38.9. The second kappa shape index (κ2) is 12.4. The SMILES string of the molecule is CO[C@H]1C[C@H](O)[C@@H](O[C@@H]2OC(COCCO)[C@H](C)[C@@H](O)C2N)C(COCCO)O1. The number of rotatable bonds is 11. The number of aliphatic hydroxyl groups is 4. The van der Waals surface area contributed by atoms with Gasteiger partial charge in [-0.1, -0.05) is 6.92 Å². The van der Waals surface area contributed by atoms with E-state index >= 15 is 0 Å². The molecule has 9 atom stereocenters. The van der Waals surface area contributed by atoms with Gasteiger partial charge in [-0.25, -0.2) is 0 Å². The van der Waals surface area contributed by atoms with Crippen LogP contribution in [0.2, 0.25) is 0 Å². The molecule has 11 heteroatoms. The molecular weight excluding hydrogens is 390 g/mol. The largest absolute Gasteiger partial charge is 0.394 e. The van der Waals surface area contributed by atoms with Gasteiger partial charge in [0.25, 0.3) is 0 Å². The Balaban J connectivity index is 2.05.